The van der Waals surface area contributed by atoms with Crippen LogP contribution in [0.4, 0.5) is 0 Å². The van der Waals surface area contributed by atoms with Crippen LogP contribution in [0.25, 0.3) is 5.70 Å². The van der Waals surface area contributed by atoms with Gasteiger partial charge in [-0.25, -0.2) is 5.84 Å². The molecule has 0 unspecified atom stereocenters. The van der Waals surface area contributed by atoms with E-state index in [2.05, 4.69) is 5.32 Å². The van der Waals surface area contributed by atoms with E-state index in [4.69, 9.17) is 16.3 Å². The number of hydrazine groups is 1. The van der Waals surface area contributed by atoms with Crippen molar-refractivity contribution in [3.63, 3.8) is 0 Å². The van der Waals surface area contributed by atoms with Crippen molar-refractivity contribution in [2.24, 2.45) is 11.6 Å². The molecular formula is C17H28N4O. The molecule has 5 heteroatoms. The highest BCUT2D eigenvalue weighted by Crippen LogP contribution is 2.24. The lowest BCUT2D eigenvalue weighted by atomic mass is 9.98. The summed E-state index contributed by atoms with van der Waals surface area (Å²) < 4.78 is 6.04. The lowest BCUT2D eigenvalue weighted by molar-refractivity contribution is 0.155. The fourth-order valence-corrected chi connectivity index (χ4v) is 2.83. The predicted molar refractivity (Wildman–Crippen MR) is 90.9 cm³/mol. The summed E-state index contributed by atoms with van der Waals surface area (Å²) in [6.45, 7) is 0.624. The summed E-state index contributed by atoms with van der Waals surface area (Å²) in [6, 6.07) is 7.97. The molecule has 0 saturated heterocycles. The molecule has 1 aromatic carbocycles. The first-order valence-corrected chi connectivity index (χ1v) is 8.00. The van der Waals surface area contributed by atoms with Crippen LogP contribution in [0.2, 0.25) is 0 Å². The average Bonchev–Trinajstić information content (AvgIpc) is 2.53. The Labute approximate surface area is 133 Å². The third kappa shape index (κ3) is 4.39. The Bertz CT molecular complexity index is 490. The number of hydrogen-bond donors (Lipinski definition) is 3. The van der Waals surface area contributed by atoms with Crippen molar-refractivity contribution in [1.29, 1.82) is 0 Å². The minimum Gasteiger partial charge on any atom is -0.490 e. The van der Waals surface area contributed by atoms with Crippen molar-refractivity contribution >= 4 is 5.70 Å². The Kier molecular flexibility index (Phi) is 6.10. The van der Waals surface area contributed by atoms with Gasteiger partial charge in [0.25, 0.3) is 0 Å². The van der Waals surface area contributed by atoms with E-state index in [1.54, 1.807) is 12.1 Å². The van der Waals surface area contributed by atoms with E-state index < -0.39 is 0 Å². The minimum absolute atomic E-state index is 0.363. The number of nitrogens with zero attached hydrogens (tertiary/aromatic N) is 1. The van der Waals surface area contributed by atoms with Gasteiger partial charge in [0.1, 0.15) is 5.75 Å². The van der Waals surface area contributed by atoms with Crippen LogP contribution in [0.5, 0.6) is 5.75 Å². The third-order valence-electron chi connectivity index (χ3n) is 4.10. The standard InChI is InChI=1S/C17H28N4O/c1-20-12-16(21(2)19)17(18)13-8-10-15(11-9-13)22-14-6-4-3-5-7-14/h8-11,14,20H,3-7,12,18-19H2,1-2H3/b17-16-. The zero-order chi connectivity index (χ0) is 15.9. The molecule has 0 atom stereocenters. The molecule has 1 aromatic rings. The first kappa shape index (κ1) is 16.6. The number of rotatable bonds is 6. The van der Waals surface area contributed by atoms with Crippen LogP contribution in [-0.4, -0.2) is 31.8 Å². The second kappa shape index (κ2) is 8.06. The van der Waals surface area contributed by atoms with E-state index in [9.17, 15) is 0 Å². The smallest absolute Gasteiger partial charge is 0.119 e. The Morgan fingerprint density at radius 3 is 2.41 bits per heavy atom. The highest BCUT2D eigenvalue weighted by Gasteiger charge is 2.15. The van der Waals surface area contributed by atoms with Gasteiger partial charge in [-0.05, 0) is 62.6 Å². The molecule has 5 N–H and O–H groups in total. The minimum atomic E-state index is 0.363. The molecule has 1 fully saturated rings. The van der Waals surface area contributed by atoms with E-state index in [0.29, 0.717) is 18.3 Å². The van der Waals surface area contributed by atoms with E-state index >= 15 is 0 Å². The second-order valence-corrected chi connectivity index (χ2v) is 5.90. The van der Waals surface area contributed by atoms with Crippen LogP contribution < -0.4 is 21.6 Å². The number of nitrogens with two attached hydrogens (primary N) is 2. The number of ether oxygens (including phenoxy) is 1. The van der Waals surface area contributed by atoms with Gasteiger partial charge in [-0.3, -0.25) is 0 Å². The monoisotopic (exact) mass is 304 g/mol. The van der Waals surface area contributed by atoms with E-state index in [1.165, 1.54) is 19.3 Å². The quantitative estimate of drug-likeness (QED) is 0.554. The SMILES string of the molecule is CNC/C(=C(/N)c1ccc(OC2CCCCC2)cc1)N(C)N. The summed E-state index contributed by atoms with van der Waals surface area (Å²) in [5.41, 5.74) is 8.74. The highest BCUT2D eigenvalue weighted by atomic mass is 16.5. The van der Waals surface area contributed by atoms with E-state index in [1.807, 2.05) is 31.3 Å². The van der Waals surface area contributed by atoms with Crippen molar-refractivity contribution in [1.82, 2.24) is 10.3 Å². The normalized spacial score (nSPS) is 17.0. The molecule has 5 nitrogen and oxygen atoms in total. The van der Waals surface area contributed by atoms with Crippen LogP contribution in [-0.2, 0) is 0 Å². The number of benzene rings is 1. The number of nitrogens with one attached hydrogen (secondary N) is 1. The molecule has 22 heavy (non-hydrogen) atoms. The van der Waals surface area contributed by atoms with Gasteiger partial charge in [-0.2, -0.15) is 0 Å². The average molecular weight is 304 g/mol. The maximum Gasteiger partial charge on any atom is 0.119 e. The van der Waals surface area contributed by atoms with Crippen molar-refractivity contribution in [3.05, 3.63) is 35.5 Å². The molecule has 0 bridgehead atoms. The number of likely N-dealkylation sites (N-methyl/N-ethyl adjacent to an activating group) is 2. The summed E-state index contributed by atoms with van der Waals surface area (Å²) in [5.74, 6) is 6.76. The molecule has 0 aliphatic heterocycles. The summed E-state index contributed by atoms with van der Waals surface area (Å²) in [7, 11) is 3.66. The fraction of sp³-hybridized carbons (Fsp3) is 0.529. The van der Waals surface area contributed by atoms with Gasteiger partial charge in [0.15, 0.2) is 0 Å². The first-order chi connectivity index (χ1) is 10.6. The summed E-state index contributed by atoms with van der Waals surface area (Å²) >= 11 is 0. The van der Waals surface area contributed by atoms with Crippen LogP contribution in [0.3, 0.4) is 0 Å². The Morgan fingerprint density at radius 2 is 1.86 bits per heavy atom. The maximum absolute atomic E-state index is 6.24. The highest BCUT2D eigenvalue weighted by molar-refractivity contribution is 5.66. The third-order valence-corrected chi connectivity index (χ3v) is 4.10. The van der Waals surface area contributed by atoms with E-state index in [0.717, 1.165) is 29.9 Å². The zero-order valence-corrected chi connectivity index (χ0v) is 13.6. The molecule has 122 valence electrons. The van der Waals surface area contributed by atoms with E-state index in [-0.39, 0.29) is 0 Å². The zero-order valence-electron chi connectivity index (χ0n) is 13.6. The molecule has 1 aliphatic rings. The van der Waals surface area contributed by atoms with Crippen LogP contribution in [0.1, 0.15) is 37.7 Å². The van der Waals surface area contributed by atoms with Crippen molar-refractivity contribution in [2.45, 2.75) is 38.2 Å². The van der Waals surface area contributed by atoms with Gasteiger partial charge in [0.2, 0.25) is 0 Å². The molecule has 1 saturated carbocycles. The van der Waals surface area contributed by atoms with Crippen LogP contribution >= 0.6 is 0 Å². The first-order valence-electron chi connectivity index (χ1n) is 8.00. The molecular weight excluding hydrogens is 276 g/mol. The second-order valence-electron chi connectivity index (χ2n) is 5.90. The Balaban J connectivity index is 2.08. The molecule has 2 rings (SSSR count). The molecule has 0 radical (unpaired) electrons. The van der Waals surface area contributed by atoms with Gasteiger partial charge in [0, 0.05) is 13.6 Å². The Morgan fingerprint density at radius 1 is 1.23 bits per heavy atom. The molecule has 0 spiro atoms. The molecule has 0 aromatic heterocycles. The van der Waals surface area contributed by atoms with Gasteiger partial charge < -0.3 is 20.8 Å². The lowest BCUT2D eigenvalue weighted by Crippen LogP contribution is -2.33. The lowest BCUT2D eigenvalue weighted by Gasteiger charge is -2.23. The summed E-state index contributed by atoms with van der Waals surface area (Å²) in [5, 5.41) is 4.63. The largest absolute Gasteiger partial charge is 0.490 e. The van der Waals surface area contributed by atoms with Crippen LogP contribution in [0.15, 0.2) is 30.0 Å². The Hall–Kier alpha value is -1.72. The van der Waals surface area contributed by atoms with Gasteiger partial charge in [-0.15, -0.1) is 0 Å². The van der Waals surface area contributed by atoms with Gasteiger partial charge >= 0.3 is 0 Å². The van der Waals surface area contributed by atoms with Gasteiger partial charge in [0.05, 0.1) is 17.5 Å². The van der Waals surface area contributed by atoms with Crippen LogP contribution in [0, 0.1) is 0 Å². The predicted octanol–water partition coefficient (Wildman–Crippen LogP) is 2.05. The summed E-state index contributed by atoms with van der Waals surface area (Å²) in [6.07, 6.45) is 6.56. The molecule has 0 heterocycles. The molecule has 1 aliphatic carbocycles. The van der Waals surface area contributed by atoms with Crippen molar-refractivity contribution in [2.75, 3.05) is 20.6 Å². The number of hydrogen-bond acceptors (Lipinski definition) is 5. The van der Waals surface area contributed by atoms with Crippen molar-refractivity contribution < 1.29 is 4.74 Å². The van der Waals surface area contributed by atoms with Gasteiger partial charge in [-0.1, -0.05) is 6.42 Å². The topological polar surface area (TPSA) is 76.5 Å². The maximum atomic E-state index is 6.24. The summed E-state index contributed by atoms with van der Waals surface area (Å²) in [4.78, 5) is 0. The fourth-order valence-electron chi connectivity index (χ4n) is 2.83. The molecule has 0 amide bonds. The van der Waals surface area contributed by atoms with Crippen molar-refractivity contribution in [3.8, 4) is 5.75 Å².